The molecule has 51 valence electrons. The molecule has 2 nitrogen and oxygen atoms in total. The van der Waals surface area contributed by atoms with Crippen LogP contribution in [0.4, 0.5) is 0 Å². The highest BCUT2D eigenvalue weighted by Gasteiger charge is 1.89. The highest BCUT2D eigenvalue weighted by atomic mass is 35.5. The lowest BCUT2D eigenvalue weighted by Gasteiger charge is -2.02. The van der Waals surface area contributed by atoms with Crippen molar-refractivity contribution >= 4 is 29.6 Å². The summed E-state index contributed by atoms with van der Waals surface area (Å²) < 4.78 is 0.164. The molecule has 0 aromatic carbocycles. The van der Waals surface area contributed by atoms with E-state index in [0.717, 1.165) is 0 Å². The molecule has 1 radical (unpaired) electrons. The summed E-state index contributed by atoms with van der Waals surface area (Å²) in [5, 5.41) is 0. The highest BCUT2D eigenvalue weighted by Crippen LogP contribution is 2.04. The van der Waals surface area contributed by atoms with Gasteiger partial charge in [0.15, 0.2) is 0 Å². The number of hydrogen-bond acceptors (Lipinski definition) is 1. The van der Waals surface area contributed by atoms with Crippen LogP contribution in [0.2, 0.25) is 0 Å². The number of halogens is 2. The zero-order valence-corrected chi connectivity index (χ0v) is 6.41. The van der Waals surface area contributed by atoms with Crippen molar-refractivity contribution in [2.75, 3.05) is 13.6 Å². The van der Waals surface area contributed by atoms with Crippen LogP contribution in [0.15, 0.2) is 10.6 Å². The van der Waals surface area contributed by atoms with Crippen LogP contribution in [-0.2, 0) is 4.79 Å². The fourth-order valence-electron chi connectivity index (χ4n) is 0.243. The Morgan fingerprint density at radius 3 is 2.67 bits per heavy atom. The van der Waals surface area contributed by atoms with Crippen molar-refractivity contribution in [2.45, 2.75) is 0 Å². The SMILES string of the molecule is CN([C]=O)CC=C(Cl)Cl. The molecule has 0 rings (SSSR count). The predicted molar refractivity (Wildman–Crippen MR) is 38.1 cm³/mol. The lowest BCUT2D eigenvalue weighted by molar-refractivity contribution is 0.461. The molecule has 0 aliphatic heterocycles. The van der Waals surface area contributed by atoms with E-state index < -0.39 is 0 Å². The van der Waals surface area contributed by atoms with Gasteiger partial charge < -0.3 is 4.90 Å². The topological polar surface area (TPSA) is 20.3 Å². The van der Waals surface area contributed by atoms with Crippen molar-refractivity contribution in [3.63, 3.8) is 0 Å². The van der Waals surface area contributed by atoms with Gasteiger partial charge in [-0.1, -0.05) is 23.2 Å². The van der Waals surface area contributed by atoms with Gasteiger partial charge in [0.2, 0.25) is 0 Å². The van der Waals surface area contributed by atoms with Gasteiger partial charge in [-0.2, -0.15) is 0 Å². The molecule has 0 fully saturated rings. The molecule has 0 saturated heterocycles. The quantitative estimate of drug-likeness (QED) is 0.580. The Hall–Kier alpha value is -0.210. The maximum absolute atomic E-state index is 9.80. The fraction of sp³-hybridized carbons (Fsp3) is 0.400. The summed E-state index contributed by atoms with van der Waals surface area (Å²) in [5.41, 5.74) is 0. The molecule has 0 aliphatic carbocycles. The average Bonchev–Trinajstić information content (AvgIpc) is 1.83. The zero-order valence-electron chi connectivity index (χ0n) is 4.90. The molecule has 0 saturated carbocycles. The van der Waals surface area contributed by atoms with Crippen LogP contribution in [0.3, 0.4) is 0 Å². The van der Waals surface area contributed by atoms with Gasteiger partial charge in [0.05, 0.1) is 0 Å². The third-order valence-corrected chi connectivity index (χ3v) is 0.984. The van der Waals surface area contributed by atoms with Gasteiger partial charge in [0.1, 0.15) is 4.49 Å². The van der Waals surface area contributed by atoms with Crippen LogP contribution in [-0.4, -0.2) is 24.9 Å². The van der Waals surface area contributed by atoms with E-state index >= 15 is 0 Å². The van der Waals surface area contributed by atoms with Crippen molar-refractivity contribution in [3.8, 4) is 0 Å². The van der Waals surface area contributed by atoms with E-state index in [4.69, 9.17) is 23.2 Å². The van der Waals surface area contributed by atoms with Gasteiger partial charge in [-0.05, 0) is 6.08 Å². The average molecular weight is 167 g/mol. The lowest BCUT2D eigenvalue weighted by atomic mass is 10.6. The molecule has 4 heteroatoms. The molecule has 0 aromatic rings. The van der Waals surface area contributed by atoms with Crippen LogP contribution in [0.25, 0.3) is 0 Å². The van der Waals surface area contributed by atoms with Crippen molar-refractivity contribution in [2.24, 2.45) is 0 Å². The number of carbonyl (C=O) groups excluding carboxylic acids is 1. The Balaban J connectivity index is 3.49. The highest BCUT2D eigenvalue weighted by molar-refractivity contribution is 6.55. The molecule has 0 unspecified atom stereocenters. The first-order valence-corrected chi connectivity index (χ1v) is 3.02. The Bertz CT molecular complexity index is 120. The molecule has 0 heterocycles. The Morgan fingerprint density at radius 2 is 2.33 bits per heavy atom. The van der Waals surface area contributed by atoms with Crippen molar-refractivity contribution in [1.82, 2.24) is 4.90 Å². The van der Waals surface area contributed by atoms with E-state index in [1.54, 1.807) is 13.5 Å². The summed E-state index contributed by atoms with van der Waals surface area (Å²) in [7, 11) is 1.58. The number of amides is 1. The molecule has 0 aromatic heterocycles. The Labute approximate surface area is 64.0 Å². The van der Waals surface area contributed by atoms with Crippen LogP contribution in [0.1, 0.15) is 0 Å². The van der Waals surface area contributed by atoms with E-state index in [1.807, 2.05) is 0 Å². The summed E-state index contributed by atoms with van der Waals surface area (Å²) in [4.78, 5) is 11.1. The maximum atomic E-state index is 9.80. The second-order valence-electron chi connectivity index (χ2n) is 1.47. The standard InChI is InChI=1S/C5H6Cl2NO/c1-8(4-9)3-2-5(6)7/h2H,3H2,1H3. The first-order chi connectivity index (χ1) is 4.16. The summed E-state index contributed by atoms with van der Waals surface area (Å²) >= 11 is 10.5. The van der Waals surface area contributed by atoms with Gasteiger partial charge in [-0.3, -0.25) is 4.79 Å². The van der Waals surface area contributed by atoms with Crippen molar-refractivity contribution < 1.29 is 4.79 Å². The Morgan fingerprint density at radius 1 is 1.78 bits per heavy atom. The largest absolute Gasteiger partial charge is 0.334 e. The first-order valence-electron chi connectivity index (χ1n) is 2.27. The van der Waals surface area contributed by atoms with E-state index in [9.17, 15) is 4.79 Å². The van der Waals surface area contributed by atoms with Crippen LogP contribution in [0.5, 0.6) is 0 Å². The number of nitrogens with zero attached hydrogens (tertiary/aromatic N) is 1. The fourth-order valence-corrected chi connectivity index (χ4v) is 0.381. The Kier molecular flexibility index (Phi) is 4.54. The zero-order chi connectivity index (χ0) is 7.28. The number of rotatable bonds is 3. The second kappa shape index (κ2) is 4.65. The molecular formula is C5H6Cl2NO. The summed E-state index contributed by atoms with van der Waals surface area (Å²) in [6, 6.07) is 0. The third-order valence-electron chi connectivity index (χ3n) is 0.675. The van der Waals surface area contributed by atoms with Crippen LogP contribution < -0.4 is 0 Å². The molecule has 9 heavy (non-hydrogen) atoms. The molecule has 0 spiro atoms. The maximum Gasteiger partial charge on any atom is 0.312 e. The van der Waals surface area contributed by atoms with Crippen molar-refractivity contribution in [3.05, 3.63) is 10.6 Å². The van der Waals surface area contributed by atoms with E-state index in [-0.39, 0.29) is 4.49 Å². The molecule has 0 aliphatic rings. The normalized spacial score (nSPS) is 8.33. The van der Waals surface area contributed by atoms with Gasteiger partial charge in [0.25, 0.3) is 0 Å². The van der Waals surface area contributed by atoms with E-state index in [0.29, 0.717) is 6.54 Å². The van der Waals surface area contributed by atoms with Gasteiger partial charge in [-0.25, -0.2) is 0 Å². The monoisotopic (exact) mass is 166 g/mol. The minimum absolute atomic E-state index is 0.164. The van der Waals surface area contributed by atoms with E-state index in [1.165, 1.54) is 11.0 Å². The summed E-state index contributed by atoms with van der Waals surface area (Å²) in [6.45, 7) is 0.395. The smallest absolute Gasteiger partial charge is 0.312 e. The van der Waals surface area contributed by atoms with Crippen LogP contribution >= 0.6 is 23.2 Å². The van der Waals surface area contributed by atoms with Gasteiger partial charge >= 0.3 is 6.41 Å². The van der Waals surface area contributed by atoms with E-state index in [2.05, 4.69) is 0 Å². The second-order valence-corrected chi connectivity index (χ2v) is 2.47. The molecular weight excluding hydrogens is 161 g/mol. The predicted octanol–water partition coefficient (Wildman–Crippen LogP) is 1.30. The minimum Gasteiger partial charge on any atom is -0.334 e. The molecule has 0 bridgehead atoms. The first kappa shape index (κ1) is 8.79. The summed E-state index contributed by atoms with van der Waals surface area (Å²) in [5.74, 6) is 0. The number of likely N-dealkylation sites (N-methyl/N-ethyl adjacent to an activating group) is 1. The lowest BCUT2D eigenvalue weighted by Crippen LogP contribution is -2.14. The minimum atomic E-state index is 0.164. The molecule has 0 N–H and O–H groups in total. The van der Waals surface area contributed by atoms with Crippen LogP contribution in [0, 0.1) is 0 Å². The van der Waals surface area contributed by atoms with Gasteiger partial charge in [0, 0.05) is 13.6 Å². The third kappa shape index (κ3) is 5.66. The number of hydrogen-bond donors (Lipinski definition) is 0. The van der Waals surface area contributed by atoms with Crippen molar-refractivity contribution in [1.29, 1.82) is 0 Å². The van der Waals surface area contributed by atoms with Gasteiger partial charge in [-0.15, -0.1) is 0 Å². The summed E-state index contributed by atoms with van der Waals surface area (Å²) in [6.07, 6.45) is 3.15. The molecule has 1 amide bonds. The molecule has 0 atom stereocenters.